The molecule has 2 N–H and O–H groups in total. The fourth-order valence-corrected chi connectivity index (χ4v) is 1.42. The summed E-state index contributed by atoms with van der Waals surface area (Å²) in [4.78, 5) is 32.9. The normalized spacial score (nSPS) is 10.7. The van der Waals surface area contributed by atoms with Gasteiger partial charge in [-0.3, -0.25) is 9.80 Å². The zero-order valence-electron chi connectivity index (χ0n) is 13.3. The number of ether oxygens (including phenoxy) is 1. The van der Waals surface area contributed by atoms with E-state index in [9.17, 15) is 14.5 Å². The van der Waals surface area contributed by atoms with E-state index in [2.05, 4.69) is 15.9 Å². The number of nitrogens with one attached hydrogen (secondary N) is 2. The zero-order chi connectivity index (χ0) is 16.3. The van der Waals surface area contributed by atoms with Crippen LogP contribution in [-0.4, -0.2) is 49.3 Å². The maximum Gasteiger partial charge on any atom is 0.407 e. The minimum atomic E-state index is -0.523. The smallest absolute Gasteiger partial charge is 0.407 e. The minimum Gasteiger partial charge on any atom is -0.444 e. The van der Waals surface area contributed by atoms with Gasteiger partial charge in [-0.25, -0.2) is 4.79 Å². The van der Waals surface area contributed by atoms with Gasteiger partial charge in [0.05, 0.1) is 5.29 Å². The van der Waals surface area contributed by atoms with Crippen LogP contribution in [0.1, 0.15) is 40.0 Å². The van der Waals surface area contributed by atoms with Crippen LogP contribution < -0.4 is 10.6 Å². The van der Waals surface area contributed by atoms with E-state index in [0.717, 1.165) is 0 Å². The lowest BCUT2D eigenvalue weighted by Crippen LogP contribution is -2.33. The molecule has 2 amide bonds. The Hall–Kier alpha value is -1.86. The molecule has 21 heavy (non-hydrogen) atoms. The molecule has 0 atom stereocenters. The van der Waals surface area contributed by atoms with Crippen molar-refractivity contribution in [3.05, 3.63) is 4.91 Å². The van der Waals surface area contributed by atoms with E-state index in [-0.39, 0.29) is 5.91 Å². The highest BCUT2D eigenvalue weighted by molar-refractivity contribution is 5.75. The lowest BCUT2D eigenvalue weighted by atomic mass is 10.2. The molecule has 0 rings (SSSR count). The van der Waals surface area contributed by atoms with Crippen LogP contribution in [0, 0.1) is 4.91 Å². The molecule has 0 radical (unpaired) electrons. The average Bonchev–Trinajstić information content (AvgIpc) is 2.37. The van der Waals surface area contributed by atoms with Crippen molar-refractivity contribution in [1.82, 2.24) is 15.6 Å². The number of alkyl carbamates (subject to hydrolysis) is 1. The van der Waals surface area contributed by atoms with Gasteiger partial charge in [-0.15, -0.1) is 4.91 Å². The van der Waals surface area contributed by atoms with E-state index in [0.29, 0.717) is 38.9 Å². The summed E-state index contributed by atoms with van der Waals surface area (Å²) in [6.45, 7) is 6.76. The number of rotatable bonds is 9. The maximum absolute atomic E-state index is 11.5. The fraction of sp³-hybridized carbons (Fsp3) is 0.846. The molecule has 0 saturated carbocycles. The van der Waals surface area contributed by atoms with Gasteiger partial charge in [-0.05, 0) is 33.6 Å². The number of amides is 2. The van der Waals surface area contributed by atoms with Gasteiger partial charge in [0.2, 0.25) is 5.91 Å². The van der Waals surface area contributed by atoms with Gasteiger partial charge in [0.25, 0.3) is 0 Å². The second kappa shape index (κ2) is 9.95. The van der Waals surface area contributed by atoms with E-state index < -0.39 is 11.7 Å². The maximum atomic E-state index is 11.5. The summed E-state index contributed by atoms with van der Waals surface area (Å²) < 4.78 is 5.07. The molecule has 0 aliphatic carbocycles. The predicted octanol–water partition coefficient (Wildman–Crippen LogP) is 1.41. The summed E-state index contributed by atoms with van der Waals surface area (Å²) in [5.74, 6) is -0.0808. The van der Waals surface area contributed by atoms with Crippen LogP contribution in [0.5, 0.6) is 0 Å². The highest BCUT2D eigenvalue weighted by Gasteiger charge is 2.15. The van der Waals surface area contributed by atoms with E-state index in [1.165, 1.54) is 5.01 Å². The number of hydrogen-bond acceptors (Lipinski definition) is 5. The summed E-state index contributed by atoms with van der Waals surface area (Å²) >= 11 is 0. The molecule has 0 aliphatic rings. The molecule has 0 saturated heterocycles. The Kier molecular flexibility index (Phi) is 9.07. The highest BCUT2D eigenvalue weighted by atomic mass is 16.6. The third-order valence-electron chi connectivity index (χ3n) is 2.37. The molecule has 0 aromatic rings. The minimum absolute atomic E-state index is 0.0808. The Morgan fingerprint density at radius 1 is 1.14 bits per heavy atom. The quantitative estimate of drug-likeness (QED) is 0.381. The van der Waals surface area contributed by atoms with Crippen molar-refractivity contribution in [3.63, 3.8) is 0 Å². The Balaban J connectivity index is 3.54. The van der Waals surface area contributed by atoms with Crippen molar-refractivity contribution >= 4 is 12.0 Å². The first kappa shape index (κ1) is 19.1. The first-order chi connectivity index (χ1) is 9.74. The lowest BCUT2D eigenvalue weighted by molar-refractivity contribution is -0.121. The Morgan fingerprint density at radius 2 is 1.76 bits per heavy atom. The van der Waals surface area contributed by atoms with Crippen LogP contribution in [0.4, 0.5) is 4.79 Å². The number of hydrogen-bond donors (Lipinski definition) is 2. The monoisotopic (exact) mass is 302 g/mol. The molecule has 0 aromatic carbocycles. The van der Waals surface area contributed by atoms with Gasteiger partial charge in [-0.2, -0.15) is 0 Å². The standard InChI is InChI=1S/C13H26N4O4/c1-13(2,3)21-12(19)15-8-5-7-11(18)14-9-6-10-17(4)16-20/h5-10H2,1-4H3,(H,14,18)(H,15,19). The number of nitrogens with zero attached hydrogens (tertiary/aromatic N) is 2. The van der Waals surface area contributed by atoms with E-state index >= 15 is 0 Å². The molecule has 8 nitrogen and oxygen atoms in total. The van der Waals surface area contributed by atoms with Gasteiger partial charge >= 0.3 is 6.09 Å². The summed E-state index contributed by atoms with van der Waals surface area (Å²) in [5, 5.41) is 9.33. The molecule has 0 fully saturated rings. The number of carbonyl (C=O) groups excluding carboxylic acids is 2. The molecule has 0 aliphatic heterocycles. The van der Waals surface area contributed by atoms with Gasteiger partial charge in [0, 0.05) is 33.1 Å². The average molecular weight is 302 g/mol. The SMILES string of the molecule is CN(CCCNC(=O)CCCNC(=O)OC(C)(C)C)N=O. The van der Waals surface area contributed by atoms with E-state index in [4.69, 9.17) is 4.74 Å². The third-order valence-corrected chi connectivity index (χ3v) is 2.37. The molecule has 122 valence electrons. The predicted molar refractivity (Wildman–Crippen MR) is 79.5 cm³/mol. The van der Waals surface area contributed by atoms with Gasteiger partial charge in [0.15, 0.2) is 0 Å². The fourth-order valence-electron chi connectivity index (χ4n) is 1.42. The van der Waals surface area contributed by atoms with Crippen LogP contribution in [0.3, 0.4) is 0 Å². The molecule has 0 unspecified atom stereocenters. The summed E-state index contributed by atoms with van der Waals surface area (Å²) in [5.41, 5.74) is -0.523. The van der Waals surface area contributed by atoms with Crippen LogP contribution in [-0.2, 0) is 9.53 Å². The van der Waals surface area contributed by atoms with Gasteiger partial charge in [-0.1, -0.05) is 0 Å². The lowest BCUT2D eigenvalue weighted by Gasteiger charge is -2.19. The van der Waals surface area contributed by atoms with Crippen molar-refractivity contribution < 1.29 is 14.3 Å². The zero-order valence-corrected chi connectivity index (χ0v) is 13.3. The van der Waals surface area contributed by atoms with Gasteiger partial charge < -0.3 is 15.4 Å². The van der Waals surface area contributed by atoms with E-state index in [1.807, 2.05) is 0 Å². The van der Waals surface area contributed by atoms with Crippen LogP contribution >= 0.6 is 0 Å². The van der Waals surface area contributed by atoms with Crippen LogP contribution in [0.2, 0.25) is 0 Å². The highest BCUT2D eigenvalue weighted by Crippen LogP contribution is 2.06. The van der Waals surface area contributed by atoms with Crippen molar-refractivity contribution in [2.24, 2.45) is 5.29 Å². The van der Waals surface area contributed by atoms with Crippen molar-refractivity contribution in [2.75, 3.05) is 26.7 Å². The largest absolute Gasteiger partial charge is 0.444 e. The first-order valence-corrected chi connectivity index (χ1v) is 7.02. The molecule has 0 heterocycles. The Bertz CT molecular complexity index is 342. The van der Waals surface area contributed by atoms with Crippen molar-refractivity contribution in [3.8, 4) is 0 Å². The van der Waals surface area contributed by atoms with Crippen LogP contribution in [0.25, 0.3) is 0 Å². The molecule has 0 bridgehead atoms. The van der Waals surface area contributed by atoms with Gasteiger partial charge in [0.1, 0.15) is 5.60 Å². The second-order valence-corrected chi connectivity index (χ2v) is 5.70. The molecular weight excluding hydrogens is 276 g/mol. The topological polar surface area (TPSA) is 100 Å². The molecule has 0 aromatic heterocycles. The summed E-state index contributed by atoms with van der Waals surface area (Å²) in [7, 11) is 1.58. The summed E-state index contributed by atoms with van der Waals surface area (Å²) in [6.07, 6.45) is 1.05. The van der Waals surface area contributed by atoms with E-state index in [1.54, 1.807) is 27.8 Å². The molecule has 0 spiro atoms. The third kappa shape index (κ3) is 12.9. The molecule has 8 heteroatoms. The Labute approximate surface area is 125 Å². The number of nitroso groups, excluding NO2 is 1. The summed E-state index contributed by atoms with van der Waals surface area (Å²) in [6, 6.07) is 0. The molecular formula is C13H26N4O4. The Morgan fingerprint density at radius 3 is 2.33 bits per heavy atom. The second-order valence-electron chi connectivity index (χ2n) is 5.70. The van der Waals surface area contributed by atoms with Crippen molar-refractivity contribution in [2.45, 2.75) is 45.6 Å². The van der Waals surface area contributed by atoms with Crippen molar-refractivity contribution in [1.29, 1.82) is 0 Å². The first-order valence-electron chi connectivity index (χ1n) is 7.02. The number of carbonyl (C=O) groups is 2. The van der Waals surface area contributed by atoms with Crippen LogP contribution in [0.15, 0.2) is 5.29 Å².